The molecule has 4 nitrogen and oxygen atoms in total. The average molecular weight is 390 g/mol. The number of nitrogens with two attached hydrogens (primary N) is 1. The molecule has 0 unspecified atom stereocenters. The van der Waals surface area contributed by atoms with Crippen LogP contribution in [-0.4, -0.2) is 35.6 Å². The number of aliphatic hydroxyl groups is 2. The number of aryl methyl sites for hydroxylation is 2. The van der Waals surface area contributed by atoms with Gasteiger partial charge in [0.05, 0.1) is 25.4 Å². The first-order valence-corrected chi connectivity index (χ1v) is 10.0. The van der Waals surface area contributed by atoms with E-state index >= 15 is 0 Å². The highest BCUT2D eigenvalue weighted by Gasteiger charge is 2.22. The lowest BCUT2D eigenvalue weighted by atomic mass is 9.94. The van der Waals surface area contributed by atoms with Gasteiger partial charge in [-0.25, -0.2) is 4.39 Å². The van der Waals surface area contributed by atoms with E-state index in [4.69, 9.17) is 10.5 Å². The molecule has 0 atom stereocenters. The molecule has 0 aliphatic heterocycles. The van der Waals surface area contributed by atoms with E-state index < -0.39 is 5.54 Å². The van der Waals surface area contributed by atoms with Gasteiger partial charge in [0.1, 0.15) is 11.6 Å². The maximum atomic E-state index is 12.9. The van der Waals surface area contributed by atoms with Gasteiger partial charge in [-0.2, -0.15) is 0 Å². The molecule has 0 saturated carbocycles. The lowest BCUT2D eigenvalue weighted by Gasteiger charge is -2.24. The van der Waals surface area contributed by atoms with Crippen molar-refractivity contribution in [2.75, 3.05) is 19.8 Å². The van der Waals surface area contributed by atoms with Crippen molar-refractivity contribution >= 4 is 0 Å². The van der Waals surface area contributed by atoms with Crippen LogP contribution in [0.1, 0.15) is 43.2 Å². The molecule has 0 aliphatic carbocycles. The first kappa shape index (κ1) is 22.3. The number of rotatable bonds is 13. The Bertz CT molecular complexity index is 669. The third-order valence-electron chi connectivity index (χ3n) is 5.01. The van der Waals surface area contributed by atoms with Gasteiger partial charge < -0.3 is 20.7 Å². The highest BCUT2D eigenvalue weighted by Crippen LogP contribution is 2.17. The molecule has 0 aromatic heterocycles. The maximum Gasteiger partial charge on any atom is 0.123 e. The van der Waals surface area contributed by atoms with Crippen molar-refractivity contribution < 1.29 is 19.3 Å². The number of ether oxygens (including phenoxy) is 1. The van der Waals surface area contributed by atoms with Gasteiger partial charge in [-0.05, 0) is 67.5 Å². The van der Waals surface area contributed by atoms with Crippen molar-refractivity contribution in [3.8, 4) is 5.75 Å². The number of aliphatic hydroxyl groups excluding tert-OH is 2. The Morgan fingerprint density at radius 1 is 0.786 bits per heavy atom. The number of benzene rings is 2. The topological polar surface area (TPSA) is 75.7 Å². The summed E-state index contributed by atoms with van der Waals surface area (Å²) in [6.07, 6.45) is 6.57. The number of hydrogen-bond donors (Lipinski definition) is 3. The molecule has 2 aromatic rings. The van der Waals surface area contributed by atoms with Crippen molar-refractivity contribution in [1.29, 1.82) is 0 Å². The minimum Gasteiger partial charge on any atom is -0.494 e. The van der Waals surface area contributed by atoms with E-state index in [-0.39, 0.29) is 19.0 Å². The Balaban J connectivity index is 1.57. The SMILES string of the molecule is NC(CO)(CO)CCc1ccc(OCCCCCCc2ccc(F)cc2)cc1. The van der Waals surface area contributed by atoms with E-state index in [1.165, 1.54) is 17.7 Å². The fourth-order valence-electron chi connectivity index (χ4n) is 2.98. The maximum absolute atomic E-state index is 12.9. The largest absolute Gasteiger partial charge is 0.494 e. The van der Waals surface area contributed by atoms with Crippen LogP contribution in [-0.2, 0) is 12.8 Å². The van der Waals surface area contributed by atoms with Crippen LogP contribution in [0.5, 0.6) is 5.75 Å². The van der Waals surface area contributed by atoms with E-state index in [2.05, 4.69) is 0 Å². The van der Waals surface area contributed by atoms with Crippen LogP contribution in [0.15, 0.2) is 48.5 Å². The Hall–Kier alpha value is -1.95. The Morgan fingerprint density at radius 2 is 1.36 bits per heavy atom. The highest BCUT2D eigenvalue weighted by atomic mass is 19.1. The minimum absolute atomic E-state index is 0.184. The second kappa shape index (κ2) is 11.8. The molecule has 4 N–H and O–H groups in total. The van der Waals surface area contributed by atoms with Crippen LogP contribution < -0.4 is 10.5 Å². The zero-order chi connectivity index (χ0) is 20.2. The third-order valence-corrected chi connectivity index (χ3v) is 5.01. The standard InChI is InChI=1S/C23H32FNO3/c24-21-10-6-19(7-11-21)5-3-1-2-4-16-28-22-12-8-20(9-13-22)14-15-23(25,17-26)18-27/h6-13,26-27H,1-5,14-18,25H2. The van der Waals surface area contributed by atoms with Gasteiger partial charge in [0, 0.05) is 0 Å². The molecule has 2 rings (SSSR count). The third kappa shape index (κ3) is 7.97. The molecule has 0 radical (unpaired) electrons. The molecule has 0 spiro atoms. The van der Waals surface area contributed by atoms with Crippen LogP contribution in [0.3, 0.4) is 0 Å². The van der Waals surface area contributed by atoms with Crippen molar-refractivity contribution in [2.45, 2.75) is 50.5 Å². The lowest BCUT2D eigenvalue weighted by molar-refractivity contribution is 0.115. The Labute approximate surface area is 167 Å². The summed E-state index contributed by atoms with van der Waals surface area (Å²) in [5.74, 6) is 0.662. The molecule has 154 valence electrons. The first-order valence-electron chi connectivity index (χ1n) is 10.0. The lowest BCUT2D eigenvalue weighted by Crippen LogP contribution is -2.47. The van der Waals surface area contributed by atoms with Crippen LogP contribution >= 0.6 is 0 Å². The molecule has 0 bridgehead atoms. The molecular weight excluding hydrogens is 357 g/mol. The second-order valence-electron chi connectivity index (χ2n) is 7.46. The summed E-state index contributed by atoms with van der Waals surface area (Å²) >= 11 is 0. The number of halogens is 1. The molecule has 5 heteroatoms. The van der Waals surface area contributed by atoms with Crippen LogP contribution in [0.2, 0.25) is 0 Å². The fraction of sp³-hybridized carbons (Fsp3) is 0.478. The zero-order valence-electron chi connectivity index (χ0n) is 16.4. The van der Waals surface area contributed by atoms with E-state index in [1.807, 2.05) is 36.4 Å². The van der Waals surface area contributed by atoms with Crippen molar-refractivity contribution in [3.63, 3.8) is 0 Å². The average Bonchev–Trinajstić information content (AvgIpc) is 2.73. The van der Waals surface area contributed by atoms with Gasteiger partial charge in [-0.3, -0.25) is 0 Å². The molecule has 0 aliphatic rings. The highest BCUT2D eigenvalue weighted by molar-refractivity contribution is 5.27. The van der Waals surface area contributed by atoms with Crippen molar-refractivity contribution in [3.05, 3.63) is 65.5 Å². The molecule has 2 aromatic carbocycles. The van der Waals surface area contributed by atoms with E-state index in [0.717, 1.165) is 43.4 Å². The normalized spacial score (nSPS) is 11.6. The molecule has 0 saturated heterocycles. The van der Waals surface area contributed by atoms with Gasteiger partial charge in [-0.1, -0.05) is 37.1 Å². The van der Waals surface area contributed by atoms with E-state index in [1.54, 1.807) is 0 Å². The van der Waals surface area contributed by atoms with Crippen LogP contribution in [0.4, 0.5) is 4.39 Å². The van der Waals surface area contributed by atoms with Crippen LogP contribution in [0.25, 0.3) is 0 Å². The van der Waals surface area contributed by atoms with Gasteiger partial charge in [-0.15, -0.1) is 0 Å². The van der Waals surface area contributed by atoms with Crippen molar-refractivity contribution in [2.24, 2.45) is 5.73 Å². The minimum atomic E-state index is -0.925. The first-order chi connectivity index (χ1) is 13.5. The smallest absolute Gasteiger partial charge is 0.123 e. The Kier molecular flexibility index (Phi) is 9.41. The second-order valence-corrected chi connectivity index (χ2v) is 7.46. The van der Waals surface area contributed by atoms with Gasteiger partial charge in [0.25, 0.3) is 0 Å². The van der Waals surface area contributed by atoms with Gasteiger partial charge in [0.2, 0.25) is 0 Å². The van der Waals surface area contributed by atoms with Crippen molar-refractivity contribution in [1.82, 2.24) is 0 Å². The number of unbranched alkanes of at least 4 members (excludes halogenated alkanes) is 3. The summed E-state index contributed by atoms with van der Waals surface area (Å²) in [6.45, 7) is 0.236. The summed E-state index contributed by atoms with van der Waals surface area (Å²) in [5, 5.41) is 18.5. The zero-order valence-corrected chi connectivity index (χ0v) is 16.4. The summed E-state index contributed by atoms with van der Waals surface area (Å²) in [6, 6.07) is 14.6. The van der Waals surface area contributed by atoms with E-state index in [0.29, 0.717) is 19.4 Å². The van der Waals surface area contributed by atoms with Gasteiger partial charge in [0.15, 0.2) is 0 Å². The monoisotopic (exact) mass is 389 g/mol. The fourth-order valence-corrected chi connectivity index (χ4v) is 2.98. The predicted molar refractivity (Wildman–Crippen MR) is 110 cm³/mol. The van der Waals surface area contributed by atoms with Crippen LogP contribution in [0, 0.1) is 5.82 Å². The molecule has 28 heavy (non-hydrogen) atoms. The predicted octanol–water partition coefficient (Wildman–Crippen LogP) is 3.62. The molecular formula is C23H32FNO3. The number of hydrogen-bond acceptors (Lipinski definition) is 4. The molecule has 0 fully saturated rings. The summed E-state index contributed by atoms with van der Waals surface area (Å²) in [4.78, 5) is 0. The quantitative estimate of drug-likeness (QED) is 0.457. The van der Waals surface area contributed by atoms with E-state index in [9.17, 15) is 14.6 Å². The van der Waals surface area contributed by atoms with Gasteiger partial charge >= 0.3 is 0 Å². The summed E-state index contributed by atoms with van der Waals surface area (Å²) in [7, 11) is 0. The summed E-state index contributed by atoms with van der Waals surface area (Å²) in [5.41, 5.74) is 7.25. The summed E-state index contributed by atoms with van der Waals surface area (Å²) < 4.78 is 18.6. The molecule has 0 heterocycles. The molecule has 0 amide bonds. The Morgan fingerprint density at radius 3 is 2.00 bits per heavy atom.